The van der Waals surface area contributed by atoms with Crippen molar-refractivity contribution in [1.29, 1.82) is 0 Å². The molecule has 0 bridgehead atoms. The molecular weight excluding hydrogens is 289 g/mol. The number of halogens is 1. The Morgan fingerprint density at radius 3 is 2.65 bits per heavy atom. The first kappa shape index (κ1) is 14.5. The fourth-order valence-electron chi connectivity index (χ4n) is 1.81. The van der Waals surface area contributed by atoms with Crippen LogP contribution >= 0.6 is 0 Å². The fourth-order valence-corrected chi connectivity index (χ4v) is 3.50. The van der Waals surface area contributed by atoms with Crippen LogP contribution < -0.4 is 5.32 Å². The number of pyridine rings is 1. The molecule has 1 aliphatic heterocycles. The number of nitrogens with zero attached hydrogens (tertiary/aromatic N) is 2. The summed E-state index contributed by atoms with van der Waals surface area (Å²) in [7, 11) is -4.40. The Hall–Kier alpha value is -1.87. The molecule has 9 heteroatoms. The van der Waals surface area contributed by atoms with Crippen LogP contribution in [0.1, 0.15) is 13.8 Å². The van der Waals surface area contributed by atoms with Gasteiger partial charge in [-0.2, -0.15) is 4.31 Å². The van der Waals surface area contributed by atoms with E-state index in [2.05, 4.69) is 4.98 Å². The van der Waals surface area contributed by atoms with E-state index < -0.39 is 44.8 Å². The van der Waals surface area contributed by atoms with E-state index in [1.165, 1.54) is 19.9 Å². The number of nitrogens with one attached hydrogen (secondary N) is 1. The first-order valence-electron chi connectivity index (χ1n) is 5.65. The standard InChI is InChI=1S/C11H12FN3O4S/c1-11(2)10(17)14-8(16)6-15(11)20(18,19)9-7(12)4-3-5-13-9/h3-5H,6H2,1-2H3,(H,14,16,17). The summed E-state index contributed by atoms with van der Waals surface area (Å²) in [5.74, 6) is -2.58. The number of imide groups is 1. The lowest BCUT2D eigenvalue weighted by Crippen LogP contribution is -2.65. The highest BCUT2D eigenvalue weighted by molar-refractivity contribution is 7.89. The molecule has 0 aliphatic carbocycles. The molecular formula is C11H12FN3O4S. The highest BCUT2D eigenvalue weighted by Gasteiger charge is 2.48. The third-order valence-electron chi connectivity index (χ3n) is 2.98. The summed E-state index contributed by atoms with van der Waals surface area (Å²) >= 11 is 0. The molecule has 0 unspecified atom stereocenters. The minimum absolute atomic E-state index is 0.572. The minimum Gasteiger partial charge on any atom is -0.294 e. The van der Waals surface area contributed by atoms with Crippen molar-refractivity contribution in [3.05, 3.63) is 24.1 Å². The molecule has 1 aliphatic rings. The molecule has 0 aromatic carbocycles. The summed E-state index contributed by atoms with van der Waals surface area (Å²) in [5.41, 5.74) is -1.52. The third kappa shape index (κ3) is 2.18. The lowest BCUT2D eigenvalue weighted by molar-refractivity contribution is -0.141. The largest absolute Gasteiger partial charge is 0.294 e. The maximum Gasteiger partial charge on any atom is 0.264 e. The van der Waals surface area contributed by atoms with Crippen LogP contribution in [-0.2, 0) is 19.6 Å². The van der Waals surface area contributed by atoms with Crippen molar-refractivity contribution in [3.8, 4) is 0 Å². The first-order valence-corrected chi connectivity index (χ1v) is 7.09. The van der Waals surface area contributed by atoms with Gasteiger partial charge in [-0.3, -0.25) is 14.9 Å². The second-order valence-electron chi connectivity index (χ2n) is 4.74. The Morgan fingerprint density at radius 1 is 1.40 bits per heavy atom. The van der Waals surface area contributed by atoms with Crippen LogP contribution in [0.3, 0.4) is 0 Å². The molecule has 108 valence electrons. The van der Waals surface area contributed by atoms with E-state index in [0.717, 1.165) is 12.3 Å². The number of aromatic nitrogens is 1. The zero-order chi connectivity index (χ0) is 15.1. The van der Waals surface area contributed by atoms with Gasteiger partial charge in [0.05, 0.1) is 6.54 Å². The first-order chi connectivity index (χ1) is 9.17. The topological polar surface area (TPSA) is 96.4 Å². The van der Waals surface area contributed by atoms with E-state index in [0.29, 0.717) is 4.31 Å². The molecule has 2 rings (SSSR count). The number of hydrogen-bond donors (Lipinski definition) is 1. The van der Waals surface area contributed by atoms with Gasteiger partial charge in [-0.25, -0.2) is 17.8 Å². The van der Waals surface area contributed by atoms with Gasteiger partial charge in [-0.15, -0.1) is 0 Å². The zero-order valence-corrected chi connectivity index (χ0v) is 11.6. The summed E-state index contributed by atoms with van der Waals surface area (Å²) < 4.78 is 39.1. The maximum atomic E-state index is 13.6. The highest BCUT2D eigenvalue weighted by Crippen LogP contribution is 2.26. The number of carbonyl (C=O) groups is 2. The third-order valence-corrected chi connectivity index (χ3v) is 4.93. The molecule has 1 aromatic heterocycles. The molecule has 1 fully saturated rings. The van der Waals surface area contributed by atoms with E-state index in [1.54, 1.807) is 0 Å². The van der Waals surface area contributed by atoms with Gasteiger partial charge in [0.25, 0.3) is 10.0 Å². The Bertz CT molecular complexity index is 687. The molecule has 1 N–H and O–H groups in total. The average Bonchev–Trinajstić information content (AvgIpc) is 2.34. The maximum absolute atomic E-state index is 13.6. The van der Waals surface area contributed by atoms with Gasteiger partial charge < -0.3 is 0 Å². The lowest BCUT2D eigenvalue weighted by atomic mass is 10.0. The van der Waals surface area contributed by atoms with Gasteiger partial charge in [0.2, 0.25) is 16.8 Å². The van der Waals surface area contributed by atoms with Crippen molar-refractivity contribution in [2.75, 3.05) is 6.54 Å². The number of piperazine rings is 1. The van der Waals surface area contributed by atoms with Crippen molar-refractivity contribution in [1.82, 2.24) is 14.6 Å². The van der Waals surface area contributed by atoms with Crippen molar-refractivity contribution in [2.45, 2.75) is 24.4 Å². The zero-order valence-electron chi connectivity index (χ0n) is 10.8. The summed E-state index contributed by atoms with van der Waals surface area (Å²) in [6.45, 7) is 2.08. The van der Waals surface area contributed by atoms with Crippen LogP contribution in [-0.4, -0.2) is 41.6 Å². The smallest absolute Gasteiger partial charge is 0.264 e. The molecule has 2 heterocycles. The number of amides is 2. The minimum atomic E-state index is -4.40. The molecule has 2 amide bonds. The van der Waals surface area contributed by atoms with Crippen LogP contribution in [0.2, 0.25) is 0 Å². The molecule has 1 saturated heterocycles. The van der Waals surface area contributed by atoms with Crippen LogP contribution in [0.5, 0.6) is 0 Å². The summed E-state index contributed by atoms with van der Waals surface area (Å²) in [4.78, 5) is 26.6. The number of sulfonamides is 1. The normalized spacial score (nSPS) is 19.8. The van der Waals surface area contributed by atoms with E-state index in [1.807, 2.05) is 5.32 Å². The van der Waals surface area contributed by atoms with E-state index in [9.17, 15) is 22.4 Å². The number of hydrogen-bond acceptors (Lipinski definition) is 5. The van der Waals surface area contributed by atoms with Crippen molar-refractivity contribution in [2.24, 2.45) is 0 Å². The van der Waals surface area contributed by atoms with Crippen LogP contribution in [0, 0.1) is 5.82 Å². The number of rotatable bonds is 2. The number of carbonyl (C=O) groups excluding carboxylic acids is 2. The van der Waals surface area contributed by atoms with Gasteiger partial charge in [0, 0.05) is 6.20 Å². The molecule has 1 aromatic rings. The van der Waals surface area contributed by atoms with Gasteiger partial charge in [0.1, 0.15) is 5.54 Å². The predicted octanol–water partition coefficient (Wildman–Crippen LogP) is -0.354. The van der Waals surface area contributed by atoms with Gasteiger partial charge in [0.15, 0.2) is 5.82 Å². The van der Waals surface area contributed by atoms with E-state index >= 15 is 0 Å². The van der Waals surface area contributed by atoms with Crippen molar-refractivity contribution in [3.63, 3.8) is 0 Å². The van der Waals surface area contributed by atoms with Crippen LogP contribution in [0.4, 0.5) is 4.39 Å². The highest BCUT2D eigenvalue weighted by atomic mass is 32.2. The molecule has 0 radical (unpaired) electrons. The quantitative estimate of drug-likeness (QED) is 0.753. The van der Waals surface area contributed by atoms with Gasteiger partial charge in [-0.05, 0) is 26.0 Å². The van der Waals surface area contributed by atoms with E-state index in [4.69, 9.17) is 0 Å². The Morgan fingerprint density at radius 2 is 2.05 bits per heavy atom. The second-order valence-corrected chi connectivity index (χ2v) is 6.52. The Balaban J connectivity index is 2.56. The summed E-state index contributed by atoms with van der Waals surface area (Å²) in [6.07, 6.45) is 1.12. The Kier molecular flexibility index (Phi) is 3.34. The van der Waals surface area contributed by atoms with Crippen molar-refractivity contribution >= 4 is 21.8 Å². The SMILES string of the molecule is CC1(C)C(=O)NC(=O)CN1S(=O)(=O)c1ncccc1F. The molecule has 20 heavy (non-hydrogen) atoms. The average molecular weight is 301 g/mol. The molecule has 7 nitrogen and oxygen atoms in total. The predicted molar refractivity (Wildman–Crippen MR) is 65.3 cm³/mol. The lowest BCUT2D eigenvalue weighted by Gasteiger charge is -2.38. The molecule has 0 saturated carbocycles. The summed E-state index contributed by atoms with van der Waals surface area (Å²) in [6, 6.07) is 2.19. The Labute approximate surface area is 114 Å². The monoisotopic (exact) mass is 301 g/mol. The second kappa shape index (κ2) is 4.60. The molecule has 0 spiro atoms. The van der Waals surface area contributed by atoms with Gasteiger partial charge >= 0.3 is 0 Å². The van der Waals surface area contributed by atoms with E-state index in [-0.39, 0.29) is 0 Å². The van der Waals surface area contributed by atoms with Crippen molar-refractivity contribution < 1.29 is 22.4 Å². The van der Waals surface area contributed by atoms with Crippen LogP contribution in [0.15, 0.2) is 23.4 Å². The fraction of sp³-hybridized carbons (Fsp3) is 0.364. The summed E-state index contributed by atoms with van der Waals surface area (Å²) in [5, 5.41) is 1.23. The van der Waals surface area contributed by atoms with Crippen LogP contribution in [0.25, 0.3) is 0 Å². The molecule has 0 atom stereocenters. The van der Waals surface area contributed by atoms with Gasteiger partial charge in [-0.1, -0.05) is 0 Å².